The molecule has 0 radical (unpaired) electrons. The molecule has 4 heteroatoms. The van der Waals surface area contributed by atoms with Crippen molar-refractivity contribution >= 4 is 23.1 Å². The monoisotopic (exact) mass is 239 g/mol. The van der Waals surface area contributed by atoms with Crippen molar-refractivity contribution in [3.05, 3.63) is 17.3 Å². The van der Waals surface area contributed by atoms with Crippen LogP contribution in [0.3, 0.4) is 0 Å². The molecule has 0 aliphatic heterocycles. The van der Waals surface area contributed by atoms with Crippen molar-refractivity contribution < 1.29 is 0 Å². The van der Waals surface area contributed by atoms with Crippen LogP contribution in [-0.4, -0.2) is 11.0 Å². The zero-order valence-corrected chi connectivity index (χ0v) is 10.5. The Morgan fingerprint density at radius 2 is 2.31 bits per heavy atom. The summed E-state index contributed by atoms with van der Waals surface area (Å²) in [5.74, 6) is 0.746. The minimum atomic E-state index is 0.312. The van der Waals surface area contributed by atoms with E-state index in [9.17, 15) is 0 Å². The average Bonchev–Trinajstić information content (AvgIpc) is 2.50. The van der Waals surface area contributed by atoms with E-state index in [0.717, 1.165) is 5.82 Å². The number of nitrogens with zero attached hydrogens (tertiary/aromatic N) is 1. The maximum atomic E-state index is 6.10. The van der Waals surface area contributed by atoms with E-state index in [1.165, 1.54) is 19.3 Å². The summed E-state index contributed by atoms with van der Waals surface area (Å²) in [6, 6.07) is 2.18. The molecule has 0 amide bonds. The number of halogens is 1. The Bertz CT molecular complexity index is 390. The van der Waals surface area contributed by atoms with Gasteiger partial charge in [0.25, 0.3) is 0 Å². The maximum Gasteiger partial charge on any atom is 0.145 e. The molecule has 1 unspecified atom stereocenters. The Labute approximate surface area is 101 Å². The molecule has 1 fully saturated rings. The van der Waals surface area contributed by atoms with Crippen molar-refractivity contribution in [2.24, 2.45) is 5.41 Å². The predicted octanol–water partition coefficient (Wildman–Crippen LogP) is 3.31. The number of nitrogens with one attached hydrogen (secondary N) is 1. The lowest BCUT2D eigenvalue weighted by atomic mass is 9.87. The SMILES string of the molecule is CC1(C)CCCC1Nc1ncc(N)cc1Cl. The van der Waals surface area contributed by atoms with Gasteiger partial charge in [-0.1, -0.05) is 31.9 Å². The lowest BCUT2D eigenvalue weighted by Gasteiger charge is -2.28. The minimum Gasteiger partial charge on any atom is -0.397 e. The van der Waals surface area contributed by atoms with Crippen LogP contribution < -0.4 is 11.1 Å². The Morgan fingerprint density at radius 3 is 2.88 bits per heavy atom. The van der Waals surface area contributed by atoms with E-state index in [-0.39, 0.29) is 0 Å². The molecule has 0 bridgehead atoms. The van der Waals surface area contributed by atoms with Crippen LogP contribution in [0.2, 0.25) is 5.02 Å². The minimum absolute atomic E-state index is 0.312. The van der Waals surface area contributed by atoms with Gasteiger partial charge in [0.15, 0.2) is 0 Å². The third-order valence-electron chi connectivity index (χ3n) is 3.43. The number of aromatic nitrogens is 1. The molecule has 88 valence electrons. The third-order valence-corrected chi connectivity index (χ3v) is 3.72. The molecule has 0 aromatic carbocycles. The Morgan fingerprint density at radius 1 is 1.56 bits per heavy atom. The Kier molecular flexibility index (Phi) is 2.98. The third kappa shape index (κ3) is 2.24. The van der Waals surface area contributed by atoms with Gasteiger partial charge < -0.3 is 11.1 Å². The first kappa shape index (κ1) is 11.5. The summed E-state index contributed by atoms with van der Waals surface area (Å²) in [5, 5.41) is 4.03. The lowest BCUT2D eigenvalue weighted by molar-refractivity contribution is 0.349. The van der Waals surface area contributed by atoms with Gasteiger partial charge in [-0.05, 0) is 24.3 Å². The van der Waals surface area contributed by atoms with Crippen LogP contribution in [0.5, 0.6) is 0 Å². The highest BCUT2D eigenvalue weighted by Crippen LogP contribution is 2.39. The average molecular weight is 240 g/mol. The van der Waals surface area contributed by atoms with E-state index in [2.05, 4.69) is 24.1 Å². The topological polar surface area (TPSA) is 50.9 Å². The van der Waals surface area contributed by atoms with Crippen LogP contribution >= 0.6 is 11.6 Å². The largest absolute Gasteiger partial charge is 0.397 e. The number of nitrogen functional groups attached to an aromatic ring is 1. The first-order valence-corrected chi connectivity index (χ1v) is 6.04. The standard InChI is InChI=1S/C12H18ClN3/c1-12(2)5-3-4-10(12)16-11-9(13)6-8(14)7-15-11/h6-7,10H,3-5,14H2,1-2H3,(H,15,16). The normalized spacial score (nSPS) is 23.3. The van der Waals surface area contributed by atoms with Crippen LogP contribution in [0.4, 0.5) is 11.5 Å². The fourth-order valence-corrected chi connectivity index (χ4v) is 2.55. The summed E-state index contributed by atoms with van der Waals surface area (Å²) in [5.41, 5.74) is 6.52. The van der Waals surface area contributed by atoms with E-state index < -0.39 is 0 Å². The van der Waals surface area contributed by atoms with Crippen molar-refractivity contribution in [2.45, 2.75) is 39.2 Å². The second-order valence-electron chi connectivity index (χ2n) is 5.18. The molecule has 0 spiro atoms. The molecular weight excluding hydrogens is 222 g/mol. The lowest BCUT2D eigenvalue weighted by Crippen LogP contribution is -2.31. The first-order valence-electron chi connectivity index (χ1n) is 5.66. The van der Waals surface area contributed by atoms with Crippen LogP contribution in [0.15, 0.2) is 12.3 Å². The number of hydrogen-bond acceptors (Lipinski definition) is 3. The summed E-state index contributed by atoms with van der Waals surface area (Å²) in [6.45, 7) is 4.56. The van der Waals surface area contributed by atoms with Gasteiger partial charge in [-0.3, -0.25) is 0 Å². The fourth-order valence-electron chi connectivity index (χ4n) is 2.32. The van der Waals surface area contributed by atoms with Crippen molar-refractivity contribution in [3.8, 4) is 0 Å². The molecular formula is C12H18ClN3. The van der Waals surface area contributed by atoms with E-state index in [1.54, 1.807) is 12.3 Å². The quantitative estimate of drug-likeness (QED) is 0.833. The van der Waals surface area contributed by atoms with E-state index >= 15 is 0 Å². The molecule has 1 aliphatic carbocycles. The summed E-state index contributed by atoms with van der Waals surface area (Å²) in [6.07, 6.45) is 5.32. The van der Waals surface area contributed by atoms with Gasteiger partial charge in [-0.2, -0.15) is 0 Å². The Balaban J connectivity index is 2.15. The van der Waals surface area contributed by atoms with Crippen molar-refractivity contribution in [1.82, 2.24) is 4.98 Å². The van der Waals surface area contributed by atoms with Crippen molar-refractivity contribution in [3.63, 3.8) is 0 Å². The molecule has 1 heterocycles. The fraction of sp³-hybridized carbons (Fsp3) is 0.583. The smallest absolute Gasteiger partial charge is 0.145 e. The highest BCUT2D eigenvalue weighted by molar-refractivity contribution is 6.33. The van der Waals surface area contributed by atoms with Crippen LogP contribution in [-0.2, 0) is 0 Å². The van der Waals surface area contributed by atoms with Gasteiger partial charge in [-0.25, -0.2) is 4.98 Å². The molecule has 1 aliphatic rings. The molecule has 1 aromatic heterocycles. The summed E-state index contributed by atoms with van der Waals surface area (Å²) >= 11 is 6.10. The van der Waals surface area contributed by atoms with Crippen LogP contribution in [0.1, 0.15) is 33.1 Å². The number of nitrogens with two attached hydrogens (primary N) is 1. The van der Waals surface area contributed by atoms with Gasteiger partial charge in [0.1, 0.15) is 5.82 Å². The van der Waals surface area contributed by atoms with E-state index in [4.69, 9.17) is 17.3 Å². The summed E-state index contributed by atoms with van der Waals surface area (Å²) < 4.78 is 0. The molecule has 3 N–H and O–H groups in total. The summed E-state index contributed by atoms with van der Waals surface area (Å²) in [7, 11) is 0. The highest BCUT2D eigenvalue weighted by atomic mass is 35.5. The van der Waals surface area contributed by atoms with Gasteiger partial charge >= 0.3 is 0 Å². The van der Waals surface area contributed by atoms with E-state index in [0.29, 0.717) is 22.2 Å². The van der Waals surface area contributed by atoms with Crippen molar-refractivity contribution in [2.75, 3.05) is 11.1 Å². The van der Waals surface area contributed by atoms with Gasteiger partial charge in [-0.15, -0.1) is 0 Å². The Hall–Kier alpha value is -0.960. The molecule has 1 atom stereocenters. The highest BCUT2D eigenvalue weighted by Gasteiger charge is 2.34. The van der Waals surface area contributed by atoms with Gasteiger partial charge in [0.2, 0.25) is 0 Å². The first-order chi connectivity index (χ1) is 7.49. The second-order valence-corrected chi connectivity index (χ2v) is 5.58. The summed E-state index contributed by atoms with van der Waals surface area (Å²) in [4.78, 5) is 4.24. The zero-order valence-electron chi connectivity index (χ0n) is 9.76. The number of pyridine rings is 1. The number of hydrogen-bond donors (Lipinski definition) is 2. The zero-order chi connectivity index (χ0) is 11.8. The predicted molar refractivity (Wildman–Crippen MR) is 68.7 cm³/mol. The number of anilines is 2. The molecule has 1 saturated carbocycles. The number of rotatable bonds is 2. The van der Waals surface area contributed by atoms with Gasteiger partial charge in [0.05, 0.1) is 16.9 Å². The van der Waals surface area contributed by atoms with Crippen LogP contribution in [0, 0.1) is 5.41 Å². The maximum absolute atomic E-state index is 6.10. The van der Waals surface area contributed by atoms with E-state index in [1.807, 2.05) is 0 Å². The van der Waals surface area contributed by atoms with Crippen LogP contribution in [0.25, 0.3) is 0 Å². The molecule has 1 aromatic rings. The molecule has 16 heavy (non-hydrogen) atoms. The molecule has 0 saturated heterocycles. The molecule has 2 rings (SSSR count). The van der Waals surface area contributed by atoms with Gasteiger partial charge in [0, 0.05) is 6.04 Å². The van der Waals surface area contributed by atoms with Crippen molar-refractivity contribution in [1.29, 1.82) is 0 Å². The second kappa shape index (κ2) is 4.13. The molecule has 3 nitrogen and oxygen atoms in total.